The molecule has 1 spiro atoms. The van der Waals surface area contributed by atoms with E-state index in [2.05, 4.69) is 30.4 Å². The summed E-state index contributed by atoms with van der Waals surface area (Å²) in [7, 11) is 0. The van der Waals surface area contributed by atoms with Crippen molar-refractivity contribution in [2.24, 2.45) is 0 Å². The van der Waals surface area contributed by atoms with E-state index in [0.29, 0.717) is 11.7 Å². The van der Waals surface area contributed by atoms with Gasteiger partial charge in [0.15, 0.2) is 5.16 Å². The van der Waals surface area contributed by atoms with Gasteiger partial charge >= 0.3 is 0 Å². The first-order valence-corrected chi connectivity index (χ1v) is 13.7. The lowest BCUT2D eigenvalue weighted by atomic mass is 9.62. The zero-order chi connectivity index (χ0) is 24.4. The van der Waals surface area contributed by atoms with E-state index >= 15 is 0 Å². The van der Waals surface area contributed by atoms with Crippen LogP contribution in [0.15, 0.2) is 64.5 Å². The number of carbonyl (C=O) groups excluding carboxylic acids is 1. The largest absolute Gasteiger partial charge is 0.325 e. The summed E-state index contributed by atoms with van der Waals surface area (Å²) in [4.78, 5) is 32.3. The van der Waals surface area contributed by atoms with E-state index in [4.69, 9.17) is 4.98 Å². The number of carbonyl (C=O) groups is 1. The van der Waals surface area contributed by atoms with Crippen molar-refractivity contribution in [1.82, 2.24) is 9.55 Å². The van der Waals surface area contributed by atoms with Gasteiger partial charge in [0, 0.05) is 23.2 Å². The number of para-hydroxylation sites is 1. The van der Waals surface area contributed by atoms with Crippen molar-refractivity contribution in [2.45, 2.75) is 81.2 Å². The first-order valence-electron chi connectivity index (χ1n) is 12.8. The average molecular weight is 488 g/mol. The summed E-state index contributed by atoms with van der Waals surface area (Å²) < 4.78 is 1.83. The van der Waals surface area contributed by atoms with Crippen LogP contribution < -0.4 is 10.9 Å². The van der Waals surface area contributed by atoms with Gasteiger partial charge in [0.1, 0.15) is 0 Å². The summed E-state index contributed by atoms with van der Waals surface area (Å²) in [6, 6.07) is 17.9. The molecule has 182 valence electrons. The fourth-order valence-corrected chi connectivity index (χ4v) is 6.64. The number of fused-ring (bicyclic) bond motifs is 4. The lowest BCUT2D eigenvalue weighted by molar-refractivity contribution is -0.115. The van der Waals surface area contributed by atoms with Crippen LogP contribution in [-0.2, 0) is 23.2 Å². The molecule has 3 aromatic rings. The molecule has 2 aliphatic rings. The number of amides is 1. The lowest BCUT2D eigenvalue weighted by Gasteiger charge is -2.42. The van der Waals surface area contributed by atoms with Gasteiger partial charge in [0.25, 0.3) is 5.56 Å². The fourth-order valence-electron chi connectivity index (χ4n) is 5.71. The van der Waals surface area contributed by atoms with Crippen molar-refractivity contribution >= 4 is 23.4 Å². The predicted octanol–water partition coefficient (Wildman–Crippen LogP) is 6.20. The second kappa shape index (κ2) is 10.0. The molecule has 0 bridgehead atoms. The molecule has 1 N–H and O–H groups in total. The zero-order valence-corrected chi connectivity index (χ0v) is 21.4. The van der Waals surface area contributed by atoms with Crippen LogP contribution in [0.25, 0.3) is 11.3 Å². The Kier molecular flexibility index (Phi) is 6.83. The van der Waals surface area contributed by atoms with E-state index < -0.39 is 5.25 Å². The third kappa shape index (κ3) is 4.56. The lowest BCUT2D eigenvalue weighted by Crippen LogP contribution is -2.43. The molecule has 1 aromatic heterocycles. The number of hydrogen-bond donors (Lipinski definition) is 1. The van der Waals surface area contributed by atoms with Crippen LogP contribution in [-0.4, -0.2) is 20.7 Å². The van der Waals surface area contributed by atoms with Crippen LogP contribution in [0, 0.1) is 0 Å². The minimum absolute atomic E-state index is 0.0893. The molecule has 35 heavy (non-hydrogen) atoms. The Morgan fingerprint density at radius 1 is 1.09 bits per heavy atom. The van der Waals surface area contributed by atoms with Crippen LogP contribution in [0.4, 0.5) is 5.69 Å². The van der Waals surface area contributed by atoms with Crippen LogP contribution in [0.2, 0.25) is 0 Å². The maximum Gasteiger partial charge on any atom is 0.258 e. The molecule has 1 fully saturated rings. The summed E-state index contributed by atoms with van der Waals surface area (Å²) >= 11 is 1.37. The highest BCUT2D eigenvalue weighted by molar-refractivity contribution is 8.00. The van der Waals surface area contributed by atoms with Gasteiger partial charge in [-0.25, -0.2) is 4.98 Å². The van der Waals surface area contributed by atoms with Gasteiger partial charge in [0.2, 0.25) is 5.91 Å². The molecule has 5 rings (SSSR count). The first-order chi connectivity index (χ1) is 17.0. The Morgan fingerprint density at radius 3 is 2.54 bits per heavy atom. The van der Waals surface area contributed by atoms with Crippen LogP contribution >= 0.6 is 11.8 Å². The molecule has 2 aliphatic carbocycles. The minimum Gasteiger partial charge on any atom is -0.325 e. The zero-order valence-electron chi connectivity index (χ0n) is 20.5. The Morgan fingerprint density at radius 2 is 1.80 bits per heavy atom. The normalized spacial score (nSPS) is 16.9. The molecule has 0 unspecified atom stereocenters. The number of benzene rings is 2. The SMILES string of the molecule is CCCn1c(S[C@H](C)C(=O)Nc2ccccc2)nc2c(c1=O)C1(CCCCC1)Cc1ccccc1-2. The average Bonchev–Trinajstić information content (AvgIpc) is 2.87. The molecule has 2 aromatic carbocycles. The van der Waals surface area contributed by atoms with Gasteiger partial charge in [-0.2, -0.15) is 0 Å². The molecule has 0 radical (unpaired) electrons. The molecule has 6 heteroatoms. The van der Waals surface area contributed by atoms with Crippen LogP contribution in [0.1, 0.15) is 63.5 Å². The fraction of sp³-hybridized carbons (Fsp3) is 0.414. The van der Waals surface area contributed by atoms with Gasteiger partial charge in [-0.1, -0.05) is 80.4 Å². The van der Waals surface area contributed by atoms with Gasteiger partial charge in [0.05, 0.1) is 16.5 Å². The molecule has 1 saturated carbocycles. The topological polar surface area (TPSA) is 64.0 Å². The van der Waals surface area contributed by atoms with E-state index in [1.165, 1.54) is 23.7 Å². The summed E-state index contributed by atoms with van der Waals surface area (Å²) in [5, 5.41) is 3.21. The van der Waals surface area contributed by atoms with Gasteiger partial charge < -0.3 is 5.32 Å². The number of nitrogens with zero attached hydrogens (tertiary/aromatic N) is 2. The Labute approximate surface area is 211 Å². The van der Waals surface area contributed by atoms with Crippen molar-refractivity contribution in [3.63, 3.8) is 0 Å². The Hall–Kier alpha value is -2.86. The smallest absolute Gasteiger partial charge is 0.258 e. The number of rotatable bonds is 6. The molecule has 0 aliphatic heterocycles. The predicted molar refractivity (Wildman–Crippen MR) is 143 cm³/mol. The molecular weight excluding hydrogens is 454 g/mol. The summed E-state index contributed by atoms with van der Waals surface area (Å²) in [5.74, 6) is -0.0969. The third-order valence-electron chi connectivity index (χ3n) is 7.42. The highest BCUT2D eigenvalue weighted by Gasteiger charge is 2.43. The molecule has 1 amide bonds. The van der Waals surface area contributed by atoms with Crippen molar-refractivity contribution in [2.75, 3.05) is 5.32 Å². The summed E-state index contributed by atoms with van der Waals surface area (Å²) in [6.07, 6.45) is 7.38. The van der Waals surface area contributed by atoms with Crippen molar-refractivity contribution in [1.29, 1.82) is 0 Å². The molecule has 5 nitrogen and oxygen atoms in total. The highest BCUT2D eigenvalue weighted by atomic mass is 32.2. The van der Waals surface area contributed by atoms with Crippen molar-refractivity contribution < 1.29 is 4.79 Å². The van der Waals surface area contributed by atoms with E-state index in [1.807, 2.05) is 47.9 Å². The standard InChI is InChI=1S/C29H33N3O2S/c1-3-18-32-27(34)24-25(23-15-9-8-12-21(23)19-29(24)16-10-5-11-17-29)31-28(32)35-20(2)26(33)30-22-13-6-4-7-14-22/h4,6-9,12-15,20H,3,5,10-11,16-19H2,1-2H3,(H,30,33)/t20-/m1/s1. The van der Waals surface area contributed by atoms with Gasteiger partial charge in [-0.15, -0.1) is 0 Å². The van der Waals surface area contributed by atoms with Crippen LogP contribution in [0.5, 0.6) is 0 Å². The summed E-state index contributed by atoms with van der Waals surface area (Å²) in [5.41, 5.74) is 4.84. The molecule has 1 atom stereocenters. The van der Waals surface area contributed by atoms with Gasteiger partial charge in [-0.05, 0) is 50.3 Å². The number of hydrogen-bond acceptors (Lipinski definition) is 4. The third-order valence-corrected chi connectivity index (χ3v) is 8.51. The monoisotopic (exact) mass is 487 g/mol. The van der Waals surface area contributed by atoms with E-state index in [0.717, 1.165) is 61.0 Å². The minimum atomic E-state index is -0.397. The maximum absolute atomic E-state index is 14.2. The van der Waals surface area contributed by atoms with Crippen molar-refractivity contribution in [3.05, 3.63) is 76.1 Å². The number of thioether (sulfide) groups is 1. The van der Waals surface area contributed by atoms with Crippen LogP contribution in [0.3, 0.4) is 0 Å². The molecular formula is C29H33N3O2S. The summed E-state index contributed by atoms with van der Waals surface area (Å²) in [6.45, 7) is 4.56. The van der Waals surface area contributed by atoms with Gasteiger partial charge in [-0.3, -0.25) is 14.2 Å². The second-order valence-corrected chi connectivity index (χ2v) is 11.2. The number of aromatic nitrogens is 2. The maximum atomic E-state index is 14.2. The molecule has 0 saturated heterocycles. The molecule has 1 heterocycles. The Balaban J connectivity index is 1.57. The van der Waals surface area contributed by atoms with E-state index in [9.17, 15) is 9.59 Å². The first kappa shape index (κ1) is 23.9. The van der Waals surface area contributed by atoms with E-state index in [1.54, 1.807) is 0 Å². The number of anilines is 1. The van der Waals surface area contributed by atoms with E-state index in [-0.39, 0.29) is 16.9 Å². The Bertz CT molecular complexity index is 1280. The second-order valence-electron chi connectivity index (χ2n) is 9.87. The number of nitrogens with one attached hydrogen (secondary N) is 1. The van der Waals surface area contributed by atoms with Crippen molar-refractivity contribution in [3.8, 4) is 11.3 Å². The quantitative estimate of drug-likeness (QED) is 0.332. The highest BCUT2D eigenvalue weighted by Crippen LogP contribution is 2.48.